The summed E-state index contributed by atoms with van der Waals surface area (Å²) in [6.07, 6.45) is 10.4. The molecule has 5 aromatic rings. The van der Waals surface area contributed by atoms with Gasteiger partial charge in [-0.25, -0.2) is 9.97 Å². The van der Waals surface area contributed by atoms with E-state index in [0.29, 0.717) is 0 Å². The lowest BCUT2D eigenvalue weighted by Crippen LogP contribution is -2.00. The molecule has 0 aliphatic carbocycles. The summed E-state index contributed by atoms with van der Waals surface area (Å²) < 4.78 is 0. The van der Waals surface area contributed by atoms with Crippen molar-refractivity contribution in [2.75, 3.05) is 0 Å². The second kappa shape index (κ2) is 7.94. The molecular formula is C26H26N4. The molecule has 0 aliphatic rings. The molecule has 0 bridgehead atoms. The molecule has 0 radical (unpaired) electrons. The zero-order chi connectivity index (χ0) is 20.5. The van der Waals surface area contributed by atoms with Crippen LogP contribution in [0.5, 0.6) is 0 Å². The van der Waals surface area contributed by atoms with Gasteiger partial charge in [-0.05, 0) is 61.1 Å². The lowest BCUT2D eigenvalue weighted by atomic mass is 9.99. The molecule has 0 saturated heterocycles. The zero-order valence-electron chi connectivity index (χ0n) is 17.7. The van der Waals surface area contributed by atoms with Gasteiger partial charge in [0.1, 0.15) is 0 Å². The molecule has 0 fully saturated rings. The number of benzene rings is 2. The van der Waals surface area contributed by atoms with Crippen LogP contribution in [0.1, 0.15) is 50.7 Å². The van der Waals surface area contributed by atoms with E-state index in [2.05, 4.69) is 48.1 Å². The largest absolute Gasteiger partial charge is 0.254 e. The maximum absolute atomic E-state index is 5.25. The fraction of sp³-hybridized carbons (Fsp3) is 0.308. The van der Waals surface area contributed by atoms with E-state index in [1.54, 1.807) is 0 Å². The summed E-state index contributed by atoms with van der Waals surface area (Å²) >= 11 is 0. The Morgan fingerprint density at radius 3 is 1.47 bits per heavy atom. The van der Waals surface area contributed by atoms with Crippen LogP contribution < -0.4 is 0 Å². The quantitative estimate of drug-likeness (QED) is 0.242. The van der Waals surface area contributed by atoms with E-state index in [-0.39, 0.29) is 0 Å². The monoisotopic (exact) mass is 394 g/mol. The summed E-state index contributed by atoms with van der Waals surface area (Å²) in [6, 6.07) is 12.7. The van der Waals surface area contributed by atoms with E-state index in [4.69, 9.17) is 9.97 Å². The van der Waals surface area contributed by atoms with Gasteiger partial charge in [0, 0.05) is 23.2 Å². The standard InChI is InChI=1S/C26H26N4/c1-3-5-9-17-13-14-18(10-6-4-2)22-21(17)29-25-19-11-7-15-27-23(19)24-20(26(25)30-22)12-8-16-28-24/h7-8,11-16H,3-6,9-10H2,1-2H3. The molecule has 0 unspecified atom stereocenters. The topological polar surface area (TPSA) is 51.6 Å². The maximum Gasteiger partial charge on any atom is 0.0996 e. The van der Waals surface area contributed by atoms with Crippen molar-refractivity contribution in [1.29, 1.82) is 0 Å². The van der Waals surface area contributed by atoms with Crippen LogP contribution in [0.15, 0.2) is 48.8 Å². The average molecular weight is 395 g/mol. The highest BCUT2D eigenvalue weighted by Gasteiger charge is 2.16. The number of rotatable bonds is 6. The lowest BCUT2D eigenvalue weighted by molar-refractivity contribution is 0.790. The van der Waals surface area contributed by atoms with Crippen molar-refractivity contribution in [2.45, 2.75) is 52.4 Å². The van der Waals surface area contributed by atoms with Crippen molar-refractivity contribution in [2.24, 2.45) is 0 Å². The van der Waals surface area contributed by atoms with Gasteiger partial charge in [0.25, 0.3) is 0 Å². The van der Waals surface area contributed by atoms with Gasteiger partial charge < -0.3 is 0 Å². The molecule has 2 aromatic carbocycles. The summed E-state index contributed by atoms with van der Waals surface area (Å²) in [6.45, 7) is 4.47. The lowest BCUT2D eigenvalue weighted by Gasteiger charge is -2.13. The molecule has 0 saturated carbocycles. The molecule has 4 nitrogen and oxygen atoms in total. The minimum absolute atomic E-state index is 0.895. The number of pyridine rings is 2. The molecule has 5 rings (SSSR count). The van der Waals surface area contributed by atoms with Crippen LogP contribution in [-0.4, -0.2) is 19.9 Å². The van der Waals surface area contributed by atoms with Gasteiger partial charge in [-0.2, -0.15) is 0 Å². The minimum atomic E-state index is 0.895. The van der Waals surface area contributed by atoms with Crippen LogP contribution >= 0.6 is 0 Å². The number of aromatic nitrogens is 4. The van der Waals surface area contributed by atoms with Gasteiger partial charge in [0.2, 0.25) is 0 Å². The summed E-state index contributed by atoms with van der Waals surface area (Å²) in [5.74, 6) is 0. The predicted molar refractivity (Wildman–Crippen MR) is 125 cm³/mol. The van der Waals surface area contributed by atoms with E-state index in [1.165, 1.54) is 24.0 Å². The van der Waals surface area contributed by atoms with Crippen LogP contribution in [0.2, 0.25) is 0 Å². The zero-order valence-corrected chi connectivity index (χ0v) is 17.7. The fourth-order valence-electron chi connectivity index (χ4n) is 4.33. The molecule has 0 aliphatic heterocycles. The molecule has 4 heteroatoms. The number of aryl methyl sites for hydroxylation is 2. The molecular weight excluding hydrogens is 368 g/mol. The predicted octanol–water partition coefficient (Wildman–Crippen LogP) is 6.56. The third-order valence-electron chi connectivity index (χ3n) is 5.94. The Balaban J connectivity index is 1.92. The van der Waals surface area contributed by atoms with Crippen LogP contribution in [0.3, 0.4) is 0 Å². The van der Waals surface area contributed by atoms with Gasteiger partial charge in [-0.15, -0.1) is 0 Å². The molecule has 0 amide bonds. The molecule has 0 atom stereocenters. The Kier molecular flexibility index (Phi) is 4.99. The van der Waals surface area contributed by atoms with Crippen LogP contribution in [-0.2, 0) is 12.8 Å². The first kappa shape index (κ1) is 18.9. The fourth-order valence-corrected chi connectivity index (χ4v) is 4.33. The second-order valence-corrected chi connectivity index (χ2v) is 8.01. The Labute approximate surface area is 176 Å². The molecule has 150 valence electrons. The smallest absolute Gasteiger partial charge is 0.0996 e. The van der Waals surface area contributed by atoms with Crippen LogP contribution in [0.4, 0.5) is 0 Å². The highest BCUT2D eigenvalue weighted by atomic mass is 14.8. The van der Waals surface area contributed by atoms with Crippen molar-refractivity contribution in [3.63, 3.8) is 0 Å². The van der Waals surface area contributed by atoms with E-state index < -0.39 is 0 Å². The minimum Gasteiger partial charge on any atom is -0.254 e. The Morgan fingerprint density at radius 1 is 0.567 bits per heavy atom. The van der Waals surface area contributed by atoms with Crippen molar-refractivity contribution in [3.05, 3.63) is 59.9 Å². The highest BCUT2D eigenvalue weighted by molar-refractivity contribution is 6.21. The van der Waals surface area contributed by atoms with Crippen molar-refractivity contribution < 1.29 is 0 Å². The molecule has 3 heterocycles. The van der Waals surface area contributed by atoms with E-state index >= 15 is 0 Å². The summed E-state index contributed by atoms with van der Waals surface area (Å²) in [5.41, 5.74) is 8.34. The Morgan fingerprint density at radius 2 is 1.03 bits per heavy atom. The first-order valence-electron chi connectivity index (χ1n) is 11.1. The van der Waals surface area contributed by atoms with Crippen molar-refractivity contribution >= 4 is 43.9 Å². The maximum atomic E-state index is 5.25. The van der Waals surface area contributed by atoms with E-state index in [1.807, 2.05) is 24.5 Å². The Hall–Kier alpha value is -3.14. The number of hydrogen-bond acceptors (Lipinski definition) is 4. The first-order valence-corrected chi connectivity index (χ1v) is 11.1. The molecule has 3 aromatic heterocycles. The van der Waals surface area contributed by atoms with E-state index in [0.717, 1.165) is 69.6 Å². The van der Waals surface area contributed by atoms with Crippen LogP contribution in [0, 0.1) is 0 Å². The summed E-state index contributed by atoms with van der Waals surface area (Å²) in [5, 5.41) is 2.04. The average Bonchev–Trinajstić information content (AvgIpc) is 2.81. The summed E-state index contributed by atoms with van der Waals surface area (Å²) in [4.78, 5) is 19.8. The number of fused-ring (bicyclic) bond motifs is 7. The van der Waals surface area contributed by atoms with Gasteiger partial charge in [0.15, 0.2) is 0 Å². The van der Waals surface area contributed by atoms with Crippen molar-refractivity contribution in [1.82, 2.24) is 19.9 Å². The Bertz CT molecular complexity index is 1270. The van der Waals surface area contributed by atoms with Crippen molar-refractivity contribution in [3.8, 4) is 0 Å². The van der Waals surface area contributed by atoms with E-state index in [9.17, 15) is 0 Å². The van der Waals surface area contributed by atoms with Gasteiger partial charge >= 0.3 is 0 Å². The third-order valence-corrected chi connectivity index (χ3v) is 5.94. The van der Waals surface area contributed by atoms with Gasteiger partial charge in [-0.1, -0.05) is 38.8 Å². The number of hydrogen-bond donors (Lipinski definition) is 0. The first-order chi connectivity index (χ1) is 14.8. The second-order valence-electron chi connectivity index (χ2n) is 8.01. The molecule has 30 heavy (non-hydrogen) atoms. The number of unbranched alkanes of at least 4 members (excludes halogenated alkanes) is 2. The molecule has 0 N–H and O–H groups in total. The number of nitrogens with zero attached hydrogens (tertiary/aromatic N) is 4. The third kappa shape index (κ3) is 3.07. The highest BCUT2D eigenvalue weighted by Crippen LogP contribution is 2.33. The SMILES string of the molecule is CCCCc1ccc(CCCC)c2nc3c4cccnc4c4ncccc4c3nc12. The van der Waals surface area contributed by atoms with Gasteiger partial charge in [0.05, 0.1) is 33.1 Å². The van der Waals surface area contributed by atoms with Gasteiger partial charge in [-0.3, -0.25) is 9.97 Å². The van der Waals surface area contributed by atoms with Crippen LogP contribution in [0.25, 0.3) is 43.9 Å². The summed E-state index contributed by atoms with van der Waals surface area (Å²) in [7, 11) is 0. The molecule has 0 spiro atoms. The normalized spacial score (nSPS) is 11.8.